The van der Waals surface area contributed by atoms with Gasteiger partial charge in [-0.25, -0.2) is 0 Å². The summed E-state index contributed by atoms with van der Waals surface area (Å²) in [6, 6.07) is 0. The normalized spacial score (nSPS) is 40.1. The second-order valence-corrected chi connectivity index (χ2v) is 6.59. The first-order valence-corrected chi connectivity index (χ1v) is 6.91. The molecule has 14 heavy (non-hydrogen) atoms. The molecule has 0 heterocycles. The van der Waals surface area contributed by atoms with Gasteiger partial charge in [0.05, 0.1) is 10.8 Å². The first-order chi connectivity index (χ1) is 6.41. The summed E-state index contributed by atoms with van der Waals surface area (Å²) >= 11 is 22.0. The molecule has 0 aromatic heterocycles. The highest BCUT2D eigenvalue weighted by molar-refractivity contribution is 9.09. The fourth-order valence-corrected chi connectivity index (χ4v) is 3.72. The zero-order chi connectivity index (χ0) is 10.9. The minimum Gasteiger partial charge on any atom is -0.122 e. The largest absolute Gasteiger partial charge is 0.122 e. The van der Waals surface area contributed by atoms with Crippen molar-refractivity contribution in [1.29, 1.82) is 0 Å². The highest BCUT2D eigenvalue weighted by atomic mass is 79.9. The predicted octanol–water partition coefficient (Wildman–Crippen LogP) is 4.56. The SMILES string of the molecule is CC1(C)C(Br)CC(Cl)/C(=C\CCl)C1Cl. The number of halogens is 4. The maximum atomic E-state index is 6.40. The third-order valence-electron chi connectivity index (χ3n) is 2.84. The summed E-state index contributed by atoms with van der Waals surface area (Å²) < 4.78 is 0. The van der Waals surface area contributed by atoms with Crippen molar-refractivity contribution in [3.8, 4) is 0 Å². The molecule has 0 aromatic carbocycles. The topological polar surface area (TPSA) is 0 Å². The monoisotopic (exact) mass is 318 g/mol. The molecule has 1 rings (SSSR count). The van der Waals surface area contributed by atoms with Crippen LogP contribution in [0.3, 0.4) is 0 Å². The molecule has 0 aromatic rings. The molecule has 0 radical (unpaired) electrons. The Morgan fingerprint density at radius 2 is 2.07 bits per heavy atom. The maximum absolute atomic E-state index is 6.40. The van der Waals surface area contributed by atoms with Gasteiger partial charge in [-0.05, 0) is 17.4 Å². The van der Waals surface area contributed by atoms with Gasteiger partial charge in [-0.3, -0.25) is 0 Å². The Hall–Kier alpha value is 1.09. The average molecular weight is 320 g/mol. The molecule has 0 nitrogen and oxygen atoms in total. The van der Waals surface area contributed by atoms with Crippen LogP contribution >= 0.6 is 50.7 Å². The van der Waals surface area contributed by atoms with E-state index < -0.39 is 0 Å². The number of rotatable bonds is 1. The lowest BCUT2D eigenvalue weighted by molar-refractivity contribution is 0.315. The molecule has 1 saturated carbocycles. The quantitative estimate of drug-likeness (QED) is 0.491. The van der Waals surface area contributed by atoms with Gasteiger partial charge in [0, 0.05) is 10.7 Å². The fraction of sp³-hybridized carbons (Fsp3) is 0.800. The van der Waals surface area contributed by atoms with Crippen molar-refractivity contribution in [3.63, 3.8) is 0 Å². The fourth-order valence-electron chi connectivity index (χ4n) is 1.69. The Balaban J connectivity index is 2.95. The minimum absolute atomic E-state index is 0.00801. The highest BCUT2D eigenvalue weighted by Gasteiger charge is 2.44. The maximum Gasteiger partial charge on any atom is 0.0621 e. The smallest absolute Gasteiger partial charge is 0.0621 e. The van der Waals surface area contributed by atoms with Crippen LogP contribution in [0.4, 0.5) is 0 Å². The van der Waals surface area contributed by atoms with Crippen LogP contribution in [0.1, 0.15) is 20.3 Å². The Bertz CT molecular complexity index is 238. The Labute approximate surface area is 109 Å². The molecule has 1 aliphatic rings. The molecular weight excluding hydrogens is 306 g/mol. The summed E-state index contributed by atoms with van der Waals surface area (Å²) in [7, 11) is 0. The van der Waals surface area contributed by atoms with Crippen molar-refractivity contribution in [2.24, 2.45) is 5.41 Å². The van der Waals surface area contributed by atoms with Crippen molar-refractivity contribution in [3.05, 3.63) is 11.6 Å². The van der Waals surface area contributed by atoms with Crippen molar-refractivity contribution < 1.29 is 0 Å². The molecule has 0 N–H and O–H groups in total. The third-order valence-corrected chi connectivity index (χ3v) is 5.79. The second kappa shape index (κ2) is 4.95. The van der Waals surface area contributed by atoms with E-state index in [0.717, 1.165) is 12.0 Å². The third kappa shape index (κ3) is 2.42. The molecule has 4 heteroatoms. The van der Waals surface area contributed by atoms with Crippen LogP contribution in [0, 0.1) is 5.41 Å². The number of allylic oxidation sites excluding steroid dienone is 2. The van der Waals surface area contributed by atoms with Gasteiger partial charge in [0.25, 0.3) is 0 Å². The van der Waals surface area contributed by atoms with Crippen LogP contribution in [0.5, 0.6) is 0 Å². The van der Waals surface area contributed by atoms with Gasteiger partial charge in [-0.1, -0.05) is 35.9 Å². The van der Waals surface area contributed by atoms with E-state index in [-0.39, 0.29) is 16.2 Å². The highest BCUT2D eigenvalue weighted by Crippen LogP contribution is 2.47. The van der Waals surface area contributed by atoms with E-state index in [1.165, 1.54) is 0 Å². The Morgan fingerprint density at radius 3 is 2.57 bits per heavy atom. The van der Waals surface area contributed by atoms with Gasteiger partial charge in [-0.15, -0.1) is 34.8 Å². The van der Waals surface area contributed by atoms with Crippen LogP contribution in [-0.2, 0) is 0 Å². The van der Waals surface area contributed by atoms with Crippen molar-refractivity contribution in [2.75, 3.05) is 5.88 Å². The molecule has 3 atom stereocenters. The van der Waals surface area contributed by atoms with E-state index in [4.69, 9.17) is 34.8 Å². The van der Waals surface area contributed by atoms with Crippen molar-refractivity contribution in [2.45, 2.75) is 35.8 Å². The molecule has 0 spiro atoms. The van der Waals surface area contributed by atoms with Crippen molar-refractivity contribution in [1.82, 2.24) is 0 Å². The predicted molar refractivity (Wildman–Crippen MR) is 69.2 cm³/mol. The summed E-state index contributed by atoms with van der Waals surface area (Å²) in [6.45, 7) is 4.30. The zero-order valence-corrected chi connectivity index (χ0v) is 12.1. The van der Waals surface area contributed by atoms with E-state index in [2.05, 4.69) is 29.8 Å². The zero-order valence-electron chi connectivity index (χ0n) is 8.24. The lowest BCUT2D eigenvalue weighted by Crippen LogP contribution is -2.43. The summed E-state index contributed by atoms with van der Waals surface area (Å²) in [6.07, 6.45) is 2.85. The molecule has 1 fully saturated rings. The van der Waals surface area contributed by atoms with Gasteiger partial charge in [0.1, 0.15) is 0 Å². The van der Waals surface area contributed by atoms with E-state index in [1.807, 2.05) is 6.08 Å². The Morgan fingerprint density at radius 1 is 1.50 bits per heavy atom. The van der Waals surface area contributed by atoms with Crippen LogP contribution in [0.15, 0.2) is 11.6 Å². The number of hydrogen-bond donors (Lipinski definition) is 0. The van der Waals surface area contributed by atoms with E-state index in [9.17, 15) is 0 Å². The first kappa shape index (κ1) is 13.2. The van der Waals surface area contributed by atoms with E-state index >= 15 is 0 Å². The number of alkyl halides is 4. The first-order valence-electron chi connectivity index (χ1n) is 4.59. The molecule has 82 valence electrons. The lowest BCUT2D eigenvalue weighted by Gasteiger charge is -2.43. The molecule has 0 aliphatic heterocycles. The molecule has 3 unspecified atom stereocenters. The van der Waals surface area contributed by atoms with Gasteiger partial charge in [0.2, 0.25) is 0 Å². The van der Waals surface area contributed by atoms with E-state index in [0.29, 0.717) is 10.7 Å². The van der Waals surface area contributed by atoms with Crippen LogP contribution in [0.2, 0.25) is 0 Å². The lowest BCUT2D eigenvalue weighted by atomic mass is 9.74. The van der Waals surface area contributed by atoms with Gasteiger partial charge in [0.15, 0.2) is 0 Å². The molecule has 0 bridgehead atoms. The van der Waals surface area contributed by atoms with Gasteiger partial charge < -0.3 is 0 Å². The van der Waals surface area contributed by atoms with Crippen LogP contribution in [-0.4, -0.2) is 21.5 Å². The number of hydrogen-bond acceptors (Lipinski definition) is 0. The second-order valence-electron chi connectivity index (χ2n) is 4.21. The Kier molecular flexibility index (Phi) is 4.65. The molecule has 0 amide bonds. The van der Waals surface area contributed by atoms with E-state index in [1.54, 1.807) is 0 Å². The minimum atomic E-state index is -0.0399. The van der Waals surface area contributed by atoms with Crippen LogP contribution < -0.4 is 0 Å². The summed E-state index contributed by atoms with van der Waals surface area (Å²) in [5, 5.41) is -0.0319. The standard InChI is InChI=1S/C10H14BrCl3/c1-10(2)8(11)5-7(13)6(3-4-12)9(10)14/h3,7-9H,4-5H2,1-2H3/b6-3+. The van der Waals surface area contributed by atoms with Gasteiger partial charge in [-0.2, -0.15) is 0 Å². The van der Waals surface area contributed by atoms with Crippen molar-refractivity contribution >= 4 is 50.7 Å². The molecule has 0 saturated heterocycles. The van der Waals surface area contributed by atoms with Crippen LogP contribution in [0.25, 0.3) is 0 Å². The van der Waals surface area contributed by atoms with Gasteiger partial charge >= 0.3 is 0 Å². The molecule has 1 aliphatic carbocycles. The summed E-state index contributed by atoms with van der Waals surface area (Å²) in [4.78, 5) is 0.354. The summed E-state index contributed by atoms with van der Waals surface area (Å²) in [5.74, 6) is 0.477. The average Bonchev–Trinajstić information content (AvgIpc) is 2.10. The molecular formula is C10H14BrCl3. The summed E-state index contributed by atoms with van der Waals surface area (Å²) in [5.41, 5.74) is 1.09.